The minimum Gasteiger partial charge on any atom is -0.383 e. The standard InChI is InChI=1S/C12H13FN4S/c1-7(8-2-4-9(13)5-3-8)18-12-16-10(14)6-11(15)17-12/h2-7H,1H3,(H4,14,15,16,17)/t7-/m1/s1. The van der Waals surface area contributed by atoms with E-state index < -0.39 is 0 Å². The smallest absolute Gasteiger partial charge is 0.192 e. The first-order valence-electron chi connectivity index (χ1n) is 5.37. The van der Waals surface area contributed by atoms with Crippen molar-refractivity contribution in [3.63, 3.8) is 0 Å². The van der Waals surface area contributed by atoms with Gasteiger partial charge in [-0.3, -0.25) is 0 Å². The average molecular weight is 264 g/mol. The zero-order valence-electron chi connectivity index (χ0n) is 9.80. The molecule has 2 aromatic rings. The minimum atomic E-state index is -0.250. The van der Waals surface area contributed by atoms with Crippen molar-refractivity contribution >= 4 is 23.4 Å². The number of halogens is 1. The summed E-state index contributed by atoms with van der Waals surface area (Å²) in [4.78, 5) is 8.19. The summed E-state index contributed by atoms with van der Waals surface area (Å²) in [5, 5.41) is 0.608. The fourth-order valence-electron chi connectivity index (χ4n) is 1.47. The number of benzene rings is 1. The predicted octanol–water partition coefficient (Wildman–Crippen LogP) is 2.63. The van der Waals surface area contributed by atoms with Crippen molar-refractivity contribution < 1.29 is 4.39 Å². The Morgan fingerprint density at radius 1 is 1.11 bits per heavy atom. The number of rotatable bonds is 3. The Bertz CT molecular complexity index is 524. The van der Waals surface area contributed by atoms with Crippen molar-refractivity contribution in [2.45, 2.75) is 17.3 Å². The van der Waals surface area contributed by atoms with Gasteiger partial charge in [-0.1, -0.05) is 23.9 Å². The number of nitrogens with two attached hydrogens (primary N) is 2. The molecule has 1 aromatic heterocycles. The van der Waals surface area contributed by atoms with Gasteiger partial charge in [-0.25, -0.2) is 14.4 Å². The van der Waals surface area contributed by atoms with Crippen molar-refractivity contribution in [1.82, 2.24) is 9.97 Å². The number of thioether (sulfide) groups is 1. The predicted molar refractivity (Wildman–Crippen MR) is 71.5 cm³/mol. The van der Waals surface area contributed by atoms with Crippen LogP contribution in [0.15, 0.2) is 35.5 Å². The normalized spacial score (nSPS) is 12.3. The van der Waals surface area contributed by atoms with E-state index in [9.17, 15) is 4.39 Å². The number of nitrogens with zero attached hydrogens (tertiary/aromatic N) is 2. The summed E-state index contributed by atoms with van der Waals surface area (Å²) in [6.45, 7) is 1.99. The summed E-state index contributed by atoms with van der Waals surface area (Å²) in [6, 6.07) is 7.85. The van der Waals surface area contributed by atoms with Crippen molar-refractivity contribution in [1.29, 1.82) is 0 Å². The summed E-state index contributed by atoms with van der Waals surface area (Å²) in [6.07, 6.45) is 0. The summed E-state index contributed by atoms with van der Waals surface area (Å²) >= 11 is 1.43. The Morgan fingerprint density at radius 2 is 1.67 bits per heavy atom. The van der Waals surface area contributed by atoms with Crippen LogP contribution in [0.3, 0.4) is 0 Å². The van der Waals surface area contributed by atoms with Gasteiger partial charge in [0.05, 0.1) is 0 Å². The second-order valence-corrected chi connectivity index (χ2v) is 5.12. The van der Waals surface area contributed by atoms with E-state index in [2.05, 4.69) is 9.97 Å². The van der Waals surface area contributed by atoms with E-state index in [1.807, 2.05) is 6.92 Å². The van der Waals surface area contributed by atoms with Crippen LogP contribution in [0.25, 0.3) is 0 Å². The van der Waals surface area contributed by atoms with Crippen LogP contribution in [-0.2, 0) is 0 Å². The largest absolute Gasteiger partial charge is 0.383 e. The van der Waals surface area contributed by atoms with Crippen LogP contribution in [0.2, 0.25) is 0 Å². The topological polar surface area (TPSA) is 77.8 Å². The van der Waals surface area contributed by atoms with E-state index in [1.165, 1.54) is 30.0 Å². The van der Waals surface area contributed by atoms with E-state index in [-0.39, 0.29) is 11.1 Å². The monoisotopic (exact) mass is 264 g/mol. The molecule has 0 fully saturated rings. The highest BCUT2D eigenvalue weighted by molar-refractivity contribution is 7.99. The molecule has 0 aliphatic carbocycles. The van der Waals surface area contributed by atoms with E-state index in [1.54, 1.807) is 12.1 Å². The average Bonchev–Trinajstić information content (AvgIpc) is 2.28. The molecular formula is C12H13FN4S. The van der Waals surface area contributed by atoms with Gasteiger partial charge in [0.1, 0.15) is 17.5 Å². The molecule has 0 aliphatic rings. The van der Waals surface area contributed by atoms with Crippen LogP contribution in [0.1, 0.15) is 17.7 Å². The van der Waals surface area contributed by atoms with Crippen LogP contribution in [0.4, 0.5) is 16.0 Å². The SMILES string of the molecule is C[C@@H](Sc1nc(N)cc(N)n1)c1ccc(F)cc1. The van der Waals surface area contributed by atoms with Crippen LogP contribution >= 0.6 is 11.8 Å². The molecule has 4 nitrogen and oxygen atoms in total. The number of aromatic nitrogens is 2. The van der Waals surface area contributed by atoms with Gasteiger partial charge >= 0.3 is 0 Å². The summed E-state index contributed by atoms with van der Waals surface area (Å²) in [5.74, 6) is 0.438. The van der Waals surface area contributed by atoms with Crippen molar-refractivity contribution in [2.24, 2.45) is 0 Å². The maximum atomic E-state index is 12.8. The lowest BCUT2D eigenvalue weighted by Gasteiger charge is -2.10. The highest BCUT2D eigenvalue weighted by atomic mass is 32.2. The van der Waals surface area contributed by atoms with Gasteiger partial charge in [0.2, 0.25) is 0 Å². The molecule has 0 unspecified atom stereocenters. The van der Waals surface area contributed by atoms with Crippen LogP contribution in [0, 0.1) is 5.82 Å². The van der Waals surface area contributed by atoms with Gasteiger partial charge < -0.3 is 11.5 Å². The molecule has 0 aliphatic heterocycles. The molecule has 4 N–H and O–H groups in total. The van der Waals surface area contributed by atoms with Crippen LogP contribution in [-0.4, -0.2) is 9.97 Å². The Kier molecular flexibility index (Phi) is 3.66. The second kappa shape index (κ2) is 5.22. The molecule has 0 radical (unpaired) electrons. The zero-order chi connectivity index (χ0) is 13.1. The first kappa shape index (κ1) is 12.6. The van der Waals surface area contributed by atoms with Gasteiger partial charge in [0, 0.05) is 11.3 Å². The van der Waals surface area contributed by atoms with Crippen LogP contribution in [0.5, 0.6) is 0 Å². The number of hydrogen-bond acceptors (Lipinski definition) is 5. The fraction of sp³-hybridized carbons (Fsp3) is 0.167. The Morgan fingerprint density at radius 3 is 2.22 bits per heavy atom. The second-order valence-electron chi connectivity index (χ2n) is 3.81. The summed E-state index contributed by atoms with van der Waals surface area (Å²) in [7, 11) is 0. The third kappa shape index (κ3) is 3.10. The van der Waals surface area contributed by atoms with Gasteiger partial charge in [-0.15, -0.1) is 0 Å². The molecule has 0 saturated carbocycles. The molecule has 94 valence electrons. The van der Waals surface area contributed by atoms with E-state index in [4.69, 9.17) is 11.5 Å². The molecule has 18 heavy (non-hydrogen) atoms. The van der Waals surface area contributed by atoms with Gasteiger partial charge in [0.15, 0.2) is 5.16 Å². The Hall–Kier alpha value is -1.82. The van der Waals surface area contributed by atoms with E-state index in [0.717, 1.165) is 5.56 Å². The summed E-state index contributed by atoms with van der Waals surface area (Å²) in [5.41, 5.74) is 12.2. The van der Waals surface area contributed by atoms with E-state index >= 15 is 0 Å². The molecule has 6 heteroatoms. The van der Waals surface area contributed by atoms with Crippen molar-refractivity contribution in [3.8, 4) is 0 Å². The third-order valence-corrected chi connectivity index (χ3v) is 3.39. The van der Waals surface area contributed by atoms with Gasteiger partial charge in [-0.05, 0) is 24.6 Å². The molecule has 0 saturated heterocycles. The highest BCUT2D eigenvalue weighted by Gasteiger charge is 2.10. The molecule has 2 rings (SSSR count). The first-order chi connectivity index (χ1) is 8.54. The molecule has 1 atom stereocenters. The number of nitrogen functional groups attached to an aromatic ring is 2. The highest BCUT2D eigenvalue weighted by Crippen LogP contribution is 2.33. The van der Waals surface area contributed by atoms with E-state index in [0.29, 0.717) is 16.8 Å². The van der Waals surface area contributed by atoms with Crippen molar-refractivity contribution in [2.75, 3.05) is 11.5 Å². The maximum absolute atomic E-state index is 12.8. The van der Waals surface area contributed by atoms with Crippen LogP contribution < -0.4 is 11.5 Å². The number of anilines is 2. The molecular weight excluding hydrogens is 251 g/mol. The molecule has 1 heterocycles. The first-order valence-corrected chi connectivity index (χ1v) is 6.24. The maximum Gasteiger partial charge on any atom is 0.192 e. The zero-order valence-corrected chi connectivity index (χ0v) is 10.6. The lowest BCUT2D eigenvalue weighted by molar-refractivity contribution is 0.627. The lowest BCUT2D eigenvalue weighted by atomic mass is 10.2. The Balaban J connectivity index is 2.15. The lowest BCUT2D eigenvalue weighted by Crippen LogP contribution is -2.00. The fourth-order valence-corrected chi connectivity index (χ4v) is 2.40. The van der Waals surface area contributed by atoms with Crippen molar-refractivity contribution in [3.05, 3.63) is 41.7 Å². The van der Waals surface area contributed by atoms with Gasteiger partial charge in [0.25, 0.3) is 0 Å². The van der Waals surface area contributed by atoms with Gasteiger partial charge in [-0.2, -0.15) is 0 Å². The number of hydrogen-bond donors (Lipinski definition) is 2. The third-order valence-electron chi connectivity index (χ3n) is 2.37. The molecule has 0 amide bonds. The minimum absolute atomic E-state index is 0.0896. The Labute approximate surface area is 109 Å². The quantitative estimate of drug-likeness (QED) is 0.658. The summed E-state index contributed by atoms with van der Waals surface area (Å²) < 4.78 is 12.8. The molecule has 0 bridgehead atoms. The molecule has 1 aromatic carbocycles. The molecule has 0 spiro atoms.